The van der Waals surface area contributed by atoms with Gasteiger partial charge in [-0.25, -0.2) is 9.97 Å². The first kappa shape index (κ1) is 12.5. The van der Waals surface area contributed by atoms with Crippen LogP contribution in [0.2, 0.25) is 0 Å². The Kier molecular flexibility index (Phi) is 3.32. The summed E-state index contributed by atoms with van der Waals surface area (Å²) in [5.74, 6) is 1.19. The maximum absolute atomic E-state index is 4.63. The monoisotopic (exact) mass is 273 g/mol. The Bertz CT molecular complexity index is 489. The lowest BCUT2D eigenvalue weighted by molar-refractivity contribution is 0.273. The van der Waals surface area contributed by atoms with Gasteiger partial charge in [-0.2, -0.15) is 0 Å². The Morgan fingerprint density at radius 1 is 1.15 bits per heavy atom. The number of hydrogen-bond donors (Lipinski definition) is 1. The highest BCUT2D eigenvalue weighted by molar-refractivity contribution is 5.49. The summed E-state index contributed by atoms with van der Waals surface area (Å²) in [6.07, 6.45) is 6.76. The quantitative estimate of drug-likeness (QED) is 0.820. The van der Waals surface area contributed by atoms with Gasteiger partial charge in [0, 0.05) is 50.7 Å². The van der Waals surface area contributed by atoms with E-state index in [-0.39, 0.29) is 0 Å². The molecular formula is C15H23N5. The first-order chi connectivity index (χ1) is 9.92. The van der Waals surface area contributed by atoms with Gasteiger partial charge in [-0.15, -0.1) is 0 Å². The lowest BCUT2D eigenvalue weighted by Gasteiger charge is -2.29. The number of hydrogen-bond acceptors (Lipinski definition) is 5. The van der Waals surface area contributed by atoms with Gasteiger partial charge >= 0.3 is 0 Å². The second-order valence-electron chi connectivity index (χ2n) is 6.18. The van der Waals surface area contributed by atoms with Crippen molar-refractivity contribution in [1.29, 1.82) is 0 Å². The molecule has 4 rings (SSSR count). The molecule has 2 saturated heterocycles. The number of nitrogens with one attached hydrogen (secondary N) is 1. The summed E-state index contributed by atoms with van der Waals surface area (Å²) in [6, 6.07) is 0.736. The fourth-order valence-corrected chi connectivity index (χ4v) is 3.93. The molecular weight excluding hydrogens is 250 g/mol. The first-order valence-corrected chi connectivity index (χ1v) is 7.94. The molecule has 0 spiro atoms. The molecule has 1 atom stereocenters. The lowest BCUT2D eigenvalue weighted by atomic mass is 10.1. The Morgan fingerprint density at radius 3 is 3.10 bits per heavy atom. The molecule has 0 aliphatic carbocycles. The van der Waals surface area contributed by atoms with Crippen LogP contribution in [0, 0.1) is 0 Å². The van der Waals surface area contributed by atoms with Crippen molar-refractivity contribution in [2.24, 2.45) is 0 Å². The molecule has 0 saturated carbocycles. The van der Waals surface area contributed by atoms with E-state index in [1.807, 2.05) is 0 Å². The number of fused-ring (bicyclic) bond motifs is 2. The molecule has 5 heteroatoms. The van der Waals surface area contributed by atoms with Crippen LogP contribution in [-0.2, 0) is 13.0 Å². The van der Waals surface area contributed by atoms with E-state index in [4.69, 9.17) is 0 Å². The zero-order valence-electron chi connectivity index (χ0n) is 12.0. The van der Waals surface area contributed by atoms with Crippen molar-refractivity contribution in [3.8, 4) is 0 Å². The molecule has 0 bridgehead atoms. The van der Waals surface area contributed by atoms with Crippen molar-refractivity contribution in [3.05, 3.63) is 17.6 Å². The van der Waals surface area contributed by atoms with Gasteiger partial charge in [0.15, 0.2) is 0 Å². The minimum absolute atomic E-state index is 0.736. The van der Waals surface area contributed by atoms with Crippen molar-refractivity contribution in [2.45, 2.75) is 38.3 Å². The van der Waals surface area contributed by atoms with Crippen molar-refractivity contribution in [1.82, 2.24) is 20.2 Å². The van der Waals surface area contributed by atoms with E-state index in [1.165, 1.54) is 49.4 Å². The summed E-state index contributed by atoms with van der Waals surface area (Å²) in [6.45, 7) is 6.80. The van der Waals surface area contributed by atoms with Crippen molar-refractivity contribution in [2.75, 3.05) is 37.6 Å². The largest absolute Gasteiger partial charge is 0.355 e. The maximum atomic E-state index is 4.63. The second-order valence-corrected chi connectivity index (χ2v) is 6.18. The fourth-order valence-electron chi connectivity index (χ4n) is 3.93. The predicted molar refractivity (Wildman–Crippen MR) is 78.9 cm³/mol. The zero-order chi connectivity index (χ0) is 13.4. The van der Waals surface area contributed by atoms with Gasteiger partial charge in [0.25, 0.3) is 0 Å². The van der Waals surface area contributed by atoms with Crippen molar-refractivity contribution < 1.29 is 0 Å². The van der Waals surface area contributed by atoms with E-state index in [0.29, 0.717) is 0 Å². The van der Waals surface area contributed by atoms with Crippen LogP contribution in [0.5, 0.6) is 0 Å². The van der Waals surface area contributed by atoms with Crippen LogP contribution < -0.4 is 10.2 Å². The van der Waals surface area contributed by atoms with E-state index in [2.05, 4.69) is 25.1 Å². The topological polar surface area (TPSA) is 44.3 Å². The molecule has 1 aromatic rings. The maximum Gasteiger partial charge on any atom is 0.136 e. The highest BCUT2D eigenvalue weighted by atomic mass is 15.3. The molecule has 20 heavy (non-hydrogen) atoms. The van der Waals surface area contributed by atoms with Crippen molar-refractivity contribution >= 4 is 5.82 Å². The molecule has 1 N–H and O–H groups in total. The Balaban J connectivity index is 1.63. The standard InChI is InChI=1S/C15H23N5/c1-3-12-10-20(8-2-7-19(12)6-1)15-13-9-16-5-4-14(13)17-11-18-15/h11-12,16H,1-10H2. The van der Waals surface area contributed by atoms with Crippen LogP contribution in [0.3, 0.4) is 0 Å². The first-order valence-electron chi connectivity index (χ1n) is 7.94. The SMILES string of the molecule is c1nc2c(c(N3CCCN4CCCC4C3)n1)CNCC2. The third-order valence-electron chi connectivity index (χ3n) is 4.96. The molecule has 1 unspecified atom stereocenters. The van der Waals surface area contributed by atoms with Crippen LogP contribution in [0.4, 0.5) is 5.82 Å². The molecule has 0 amide bonds. The summed E-state index contributed by atoms with van der Waals surface area (Å²) in [4.78, 5) is 14.3. The number of rotatable bonds is 1. The molecule has 2 fully saturated rings. The number of nitrogens with zero attached hydrogens (tertiary/aromatic N) is 4. The van der Waals surface area contributed by atoms with Crippen molar-refractivity contribution in [3.63, 3.8) is 0 Å². The molecule has 108 valence electrons. The Morgan fingerprint density at radius 2 is 2.10 bits per heavy atom. The van der Waals surface area contributed by atoms with Gasteiger partial charge in [-0.1, -0.05) is 0 Å². The minimum Gasteiger partial charge on any atom is -0.355 e. The van der Waals surface area contributed by atoms with Gasteiger partial charge in [-0.05, 0) is 25.8 Å². The lowest BCUT2D eigenvalue weighted by Crippen LogP contribution is -2.38. The number of aromatic nitrogens is 2. The second kappa shape index (κ2) is 5.30. The molecule has 0 aromatic carbocycles. The normalized spacial score (nSPS) is 27.0. The van der Waals surface area contributed by atoms with E-state index < -0.39 is 0 Å². The average Bonchev–Trinajstić information content (AvgIpc) is 2.84. The molecule has 1 aromatic heterocycles. The predicted octanol–water partition coefficient (Wildman–Crippen LogP) is 0.797. The Hall–Kier alpha value is -1.20. The highest BCUT2D eigenvalue weighted by Crippen LogP contribution is 2.27. The third kappa shape index (κ3) is 2.19. The minimum atomic E-state index is 0.736. The zero-order valence-corrected chi connectivity index (χ0v) is 12.0. The highest BCUT2D eigenvalue weighted by Gasteiger charge is 2.30. The Labute approximate surface area is 120 Å². The summed E-state index contributed by atoms with van der Waals surface area (Å²) < 4.78 is 0. The summed E-state index contributed by atoms with van der Waals surface area (Å²) in [5, 5.41) is 3.47. The van der Waals surface area contributed by atoms with Gasteiger partial charge in [0.2, 0.25) is 0 Å². The summed E-state index contributed by atoms with van der Waals surface area (Å²) >= 11 is 0. The summed E-state index contributed by atoms with van der Waals surface area (Å²) in [5.41, 5.74) is 2.59. The van der Waals surface area contributed by atoms with Crippen LogP contribution >= 0.6 is 0 Å². The van der Waals surface area contributed by atoms with Crippen LogP contribution in [0.15, 0.2) is 6.33 Å². The van der Waals surface area contributed by atoms with Crippen LogP contribution in [0.25, 0.3) is 0 Å². The smallest absolute Gasteiger partial charge is 0.136 e. The van der Waals surface area contributed by atoms with E-state index >= 15 is 0 Å². The van der Waals surface area contributed by atoms with Gasteiger partial charge in [0.05, 0.1) is 5.69 Å². The third-order valence-corrected chi connectivity index (χ3v) is 4.96. The molecule has 4 heterocycles. The fraction of sp³-hybridized carbons (Fsp3) is 0.733. The molecule has 3 aliphatic rings. The summed E-state index contributed by atoms with van der Waals surface area (Å²) in [7, 11) is 0. The van der Waals surface area contributed by atoms with Gasteiger partial charge < -0.3 is 10.2 Å². The van der Waals surface area contributed by atoms with E-state index in [1.54, 1.807) is 6.33 Å². The average molecular weight is 273 g/mol. The molecule has 0 radical (unpaired) electrons. The molecule has 5 nitrogen and oxygen atoms in total. The van der Waals surface area contributed by atoms with E-state index in [9.17, 15) is 0 Å². The van der Waals surface area contributed by atoms with Crippen LogP contribution in [0.1, 0.15) is 30.5 Å². The van der Waals surface area contributed by atoms with Gasteiger partial charge in [0.1, 0.15) is 12.1 Å². The molecule has 3 aliphatic heterocycles. The van der Waals surface area contributed by atoms with Crippen LogP contribution in [-0.4, -0.2) is 53.6 Å². The number of anilines is 1. The van der Waals surface area contributed by atoms with Gasteiger partial charge in [-0.3, -0.25) is 4.90 Å². The van der Waals surface area contributed by atoms with E-state index in [0.717, 1.165) is 38.6 Å².